The average molecular weight is 770 g/mol. The van der Waals surface area contributed by atoms with Gasteiger partial charge >= 0.3 is 0 Å². The molecule has 300 valence electrons. The lowest BCUT2D eigenvalue weighted by Gasteiger charge is -2.20. The molecule has 0 radical (unpaired) electrons. The lowest BCUT2D eigenvalue weighted by molar-refractivity contribution is 0.145. The first-order chi connectivity index (χ1) is 22.4. The van der Waals surface area contributed by atoms with Gasteiger partial charge in [-0.2, -0.15) is 4.31 Å². The third kappa shape index (κ3) is 66.0. The Labute approximate surface area is 307 Å². The molecule has 0 aromatic carbocycles. The van der Waals surface area contributed by atoms with Crippen LogP contribution < -0.4 is 11.1 Å². The van der Waals surface area contributed by atoms with Crippen LogP contribution in [0.5, 0.6) is 0 Å². The van der Waals surface area contributed by atoms with Gasteiger partial charge in [-0.05, 0) is 51.7 Å². The second-order valence-corrected chi connectivity index (χ2v) is 15.5. The number of nitrogens with zero attached hydrogens (tertiary/aromatic N) is 2. The number of sulfonamides is 1. The summed E-state index contributed by atoms with van der Waals surface area (Å²) in [6, 6.07) is 0. The van der Waals surface area contributed by atoms with Gasteiger partial charge < -0.3 is 35.6 Å². The van der Waals surface area contributed by atoms with Crippen molar-refractivity contribution in [3.63, 3.8) is 0 Å². The highest BCUT2D eigenvalue weighted by Gasteiger charge is 2.18. The van der Waals surface area contributed by atoms with E-state index in [4.69, 9.17) is 20.3 Å². The van der Waals surface area contributed by atoms with Crippen LogP contribution >= 0.6 is 10.7 Å². The van der Waals surface area contributed by atoms with E-state index in [-0.39, 0.29) is 26.6 Å². The van der Waals surface area contributed by atoms with Crippen LogP contribution in [0.4, 0.5) is 0 Å². The quantitative estimate of drug-likeness (QED) is 0.0746. The molecule has 12 nitrogen and oxygen atoms in total. The molecule has 2 saturated heterocycles. The van der Waals surface area contributed by atoms with Crippen LogP contribution in [0, 0.1) is 0 Å². The van der Waals surface area contributed by atoms with Gasteiger partial charge in [0.2, 0.25) is 19.1 Å². The molecule has 0 bridgehead atoms. The second kappa shape index (κ2) is 43.3. The number of epoxide rings is 1. The molecule has 2 aliphatic rings. The van der Waals surface area contributed by atoms with Gasteiger partial charge in [-0.15, -0.1) is 19.7 Å². The number of halogens is 1. The van der Waals surface area contributed by atoms with Crippen LogP contribution in [0.2, 0.25) is 0 Å². The number of hydrogen-bond donors (Lipinski definition) is 4. The molecular weight excluding hydrogens is 692 g/mol. The molecule has 15 heteroatoms. The largest absolute Gasteiger partial charge is 0.392 e. The summed E-state index contributed by atoms with van der Waals surface area (Å²) in [6.45, 7) is 31.8. The lowest BCUT2D eigenvalue weighted by Crippen LogP contribution is -2.36. The van der Waals surface area contributed by atoms with Crippen LogP contribution in [-0.4, -0.2) is 139 Å². The molecule has 0 spiro atoms. The van der Waals surface area contributed by atoms with E-state index in [9.17, 15) is 21.9 Å². The number of nitrogens with two attached hydrogens (primary N) is 1. The highest BCUT2D eigenvalue weighted by molar-refractivity contribution is 8.13. The minimum absolute atomic E-state index is 0. The fourth-order valence-corrected chi connectivity index (χ4v) is 3.65. The molecule has 2 aliphatic heterocycles. The van der Waals surface area contributed by atoms with Crippen LogP contribution in [-0.2, 0) is 28.5 Å². The first-order valence-corrected chi connectivity index (χ1v) is 21.3. The molecule has 5 N–H and O–H groups in total. The summed E-state index contributed by atoms with van der Waals surface area (Å²) in [6.07, 6.45) is 11.9. The van der Waals surface area contributed by atoms with Crippen molar-refractivity contribution in [1.29, 1.82) is 0 Å². The van der Waals surface area contributed by atoms with E-state index in [1.165, 1.54) is 49.3 Å². The summed E-state index contributed by atoms with van der Waals surface area (Å²) in [5.74, 6) is 0. The van der Waals surface area contributed by atoms with Gasteiger partial charge in [0.1, 0.15) is 0 Å². The molecule has 3 atom stereocenters. The molecule has 0 aromatic heterocycles. The van der Waals surface area contributed by atoms with Crippen LogP contribution in [0.25, 0.3) is 0 Å². The first-order valence-electron chi connectivity index (χ1n) is 16.8. The minimum Gasteiger partial charge on any atom is -0.392 e. The van der Waals surface area contributed by atoms with Gasteiger partial charge in [0.05, 0.1) is 37.4 Å². The second-order valence-electron chi connectivity index (χ2n) is 10.4. The van der Waals surface area contributed by atoms with Gasteiger partial charge in [0.15, 0.2) is 0 Å². The van der Waals surface area contributed by atoms with Crippen LogP contribution in [0.15, 0.2) is 38.0 Å². The molecule has 0 aromatic rings. The monoisotopic (exact) mass is 768 g/mol. The summed E-state index contributed by atoms with van der Waals surface area (Å²) in [5, 5.41) is 21.3. The van der Waals surface area contributed by atoms with Gasteiger partial charge in [-0.3, -0.25) is 0 Å². The summed E-state index contributed by atoms with van der Waals surface area (Å²) >= 11 is 0. The van der Waals surface area contributed by atoms with Crippen molar-refractivity contribution in [1.82, 2.24) is 14.5 Å². The van der Waals surface area contributed by atoms with Crippen molar-refractivity contribution in [2.24, 2.45) is 5.73 Å². The minimum atomic E-state index is -3.23. The van der Waals surface area contributed by atoms with Crippen LogP contribution in [0.3, 0.4) is 0 Å². The zero-order valence-corrected chi connectivity index (χ0v) is 33.8. The standard InChI is InChI=1S/C8H17NO3S.C7H15NO.C6H15N.2C4H8O.C3H7N.CH3ClO2S.CH4/c1-4-6-9(13(3,11)12)7-8(10)5-2;1-3-5-8-6-7(9)4-2;1-4-7(5-2)6-3;1-2-4-3-5-4;1-2-4-5-3-1;1-2-3-4;1-5(2,3)4;/h4,8,10H,1,5-7H2,2-3H3;3,7-9H,1,4-6H2,2H3;4-6H2,1-3H3;4H,2-3H2,1H3;1-4H2;2H,1,3-4H2;1H3;1H4/t8-;7-;;4-;;;;/m00.0..../s1. The fraction of sp³-hybridized carbons (Fsp3) is 0.824. The van der Waals surface area contributed by atoms with Gasteiger partial charge in [0.25, 0.3) is 0 Å². The average Bonchev–Trinajstić information content (AvgIpc) is 3.69. The maximum absolute atomic E-state index is 11.1. The Morgan fingerprint density at radius 1 is 0.898 bits per heavy atom. The summed E-state index contributed by atoms with van der Waals surface area (Å²) in [4.78, 5) is 2.38. The van der Waals surface area contributed by atoms with E-state index in [0.29, 0.717) is 25.6 Å². The van der Waals surface area contributed by atoms with Gasteiger partial charge in [0, 0.05) is 56.6 Å². The predicted molar refractivity (Wildman–Crippen MR) is 213 cm³/mol. The first kappa shape index (κ1) is 60.2. The molecule has 0 saturated carbocycles. The predicted octanol–water partition coefficient (Wildman–Crippen LogP) is 4.63. The Morgan fingerprint density at radius 3 is 1.51 bits per heavy atom. The summed E-state index contributed by atoms with van der Waals surface area (Å²) in [7, 11) is -1.92. The van der Waals surface area contributed by atoms with Crippen molar-refractivity contribution in [2.75, 3.05) is 84.7 Å². The van der Waals surface area contributed by atoms with E-state index in [2.05, 4.69) is 68.3 Å². The Hall–Kier alpha value is -0.910. The summed E-state index contributed by atoms with van der Waals surface area (Å²) < 4.78 is 52.1. The zero-order chi connectivity index (χ0) is 38.4. The van der Waals surface area contributed by atoms with Crippen molar-refractivity contribution in [3.05, 3.63) is 38.0 Å². The fourth-order valence-electron chi connectivity index (χ4n) is 2.83. The highest BCUT2D eigenvalue weighted by atomic mass is 35.7. The Balaban J connectivity index is -0.000000114. The lowest BCUT2D eigenvalue weighted by atomic mass is 10.3. The topological polar surface area (TPSA) is 175 Å². The molecular formula is C34H77ClN4O8S2. The smallest absolute Gasteiger partial charge is 0.229 e. The number of ether oxygens (including phenoxy) is 2. The maximum atomic E-state index is 11.1. The van der Waals surface area contributed by atoms with Gasteiger partial charge in [-0.1, -0.05) is 67.2 Å². The SMILES string of the molecule is C.C1CCOC1.C=CCN.C=CCN(C[C@@H](O)CC)S(C)(=O)=O.C=CCNC[C@@H](O)CC.CCN(CC)CC.CC[C@H]1CO1.CS(=O)(=O)Cl. The molecule has 2 rings (SSSR count). The van der Waals surface area contributed by atoms with E-state index in [1.807, 2.05) is 6.92 Å². The third-order valence-electron chi connectivity index (χ3n) is 6.02. The normalized spacial score (nSPS) is 15.3. The molecule has 0 unspecified atom stereocenters. The van der Waals surface area contributed by atoms with Crippen molar-refractivity contribution in [2.45, 2.75) is 99.4 Å². The molecule has 49 heavy (non-hydrogen) atoms. The highest BCUT2D eigenvalue weighted by Crippen LogP contribution is 2.11. The van der Waals surface area contributed by atoms with Crippen molar-refractivity contribution < 1.29 is 36.5 Å². The number of aliphatic hydroxyl groups excluding tert-OH is 2. The Morgan fingerprint density at radius 2 is 1.33 bits per heavy atom. The number of rotatable bonds is 16. The maximum Gasteiger partial charge on any atom is 0.229 e. The van der Waals surface area contributed by atoms with Gasteiger partial charge in [-0.25, -0.2) is 16.8 Å². The Kier molecular flexibility index (Phi) is 53.1. The number of aliphatic hydroxyl groups is 2. The van der Waals surface area contributed by atoms with E-state index >= 15 is 0 Å². The summed E-state index contributed by atoms with van der Waals surface area (Å²) in [5.41, 5.74) is 4.91. The van der Waals surface area contributed by atoms with E-state index < -0.39 is 25.2 Å². The van der Waals surface area contributed by atoms with Crippen molar-refractivity contribution >= 4 is 29.8 Å². The number of hydrogen-bond acceptors (Lipinski definition) is 11. The number of nitrogens with one attached hydrogen (secondary N) is 1. The molecule has 0 aliphatic carbocycles. The van der Waals surface area contributed by atoms with Crippen molar-refractivity contribution in [3.8, 4) is 0 Å². The van der Waals surface area contributed by atoms with Crippen LogP contribution in [0.1, 0.15) is 81.1 Å². The Bertz CT molecular complexity index is 881. The molecule has 2 heterocycles. The van der Waals surface area contributed by atoms with E-state index in [1.54, 1.807) is 19.1 Å². The molecule has 2 fully saturated rings. The van der Waals surface area contributed by atoms with E-state index in [0.717, 1.165) is 45.3 Å². The third-order valence-corrected chi connectivity index (χ3v) is 7.26. The molecule has 0 amide bonds. The zero-order valence-electron chi connectivity index (χ0n) is 31.4.